The second kappa shape index (κ2) is 10.9. The zero-order valence-electron chi connectivity index (χ0n) is 18.6. The average Bonchev–Trinajstić information content (AvgIpc) is 2.84. The molecule has 0 spiro atoms. The topological polar surface area (TPSA) is 29.5 Å². The number of unbranched alkanes of at least 4 members (excludes halogenated alkanes) is 3. The van der Waals surface area contributed by atoms with Crippen molar-refractivity contribution in [2.24, 2.45) is 0 Å². The molecule has 166 valence electrons. The van der Waals surface area contributed by atoms with Gasteiger partial charge in [0.25, 0.3) is 0 Å². The number of hydrogen-bond acceptors (Lipinski definition) is 2. The number of ether oxygens (including phenoxy) is 1. The number of aliphatic hydroxyl groups excluding tert-OH is 1. The molecule has 0 aromatic heterocycles. The van der Waals surface area contributed by atoms with Gasteiger partial charge in [-0.05, 0) is 0 Å². The zero-order valence-corrected chi connectivity index (χ0v) is 21.1. The summed E-state index contributed by atoms with van der Waals surface area (Å²) in [6, 6.07) is 29.5. The van der Waals surface area contributed by atoms with Crippen LogP contribution in [0.25, 0.3) is 0 Å². The van der Waals surface area contributed by atoms with E-state index >= 15 is 0 Å². The van der Waals surface area contributed by atoms with Gasteiger partial charge in [-0.25, -0.2) is 0 Å². The summed E-state index contributed by atoms with van der Waals surface area (Å²) in [5.74, 6) is 0. The SMILES string of the molecule is CCCCCCOC(O)c1ccccc1P(Br)(CC)(c1ccccc1)c1ccccc1. The Morgan fingerprint density at radius 2 is 1.32 bits per heavy atom. The first-order chi connectivity index (χ1) is 15.1. The summed E-state index contributed by atoms with van der Waals surface area (Å²) < 4.78 is 5.93. The first-order valence-corrected chi connectivity index (χ1v) is 15.7. The fourth-order valence-corrected chi connectivity index (χ4v) is 11.4. The van der Waals surface area contributed by atoms with Crippen LogP contribution in [0.4, 0.5) is 0 Å². The van der Waals surface area contributed by atoms with Gasteiger partial charge >= 0.3 is 196 Å². The van der Waals surface area contributed by atoms with Crippen molar-refractivity contribution in [3.05, 3.63) is 90.5 Å². The maximum atomic E-state index is 11.1. The standard InChI is InChI=1S/C27H34BrO2P/c1-3-5-6-15-22-30-27(29)25-20-13-14-21-26(25)31(28,4-2,23-16-9-7-10-17-23)24-18-11-8-12-19-24/h7-14,16-21,27,29H,3-6,15,22H2,1-2H3. The molecule has 1 unspecified atom stereocenters. The number of rotatable bonds is 11. The van der Waals surface area contributed by atoms with Crippen molar-refractivity contribution in [2.75, 3.05) is 12.8 Å². The molecule has 0 saturated carbocycles. The summed E-state index contributed by atoms with van der Waals surface area (Å²) in [5.41, 5.74) is 0.849. The summed E-state index contributed by atoms with van der Waals surface area (Å²) in [4.78, 5) is 0. The Hall–Kier alpha value is -1.51. The average molecular weight is 501 g/mol. The molecule has 0 radical (unpaired) electrons. The van der Waals surface area contributed by atoms with E-state index in [9.17, 15) is 5.11 Å². The van der Waals surface area contributed by atoms with E-state index in [1.807, 2.05) is 12.1 Å². The Kier molecular flexibility index (Phi) is 8.47. The van der Waals surface area contributed by atoms with Crippen molar-refractivity contribution in [1.29, 1.82) is 0 Å². The van der Waals surface area contributed by atoms with Gasteiger partial charge in [0.1, 0.15) is 0 Å². The summed E-state index contributed by atoms with van der Waals surface area (Å²) in [7, 11) is 0. The molecule has 3 aromatic rings. The Morgan fingerprint density at radius 3 is 1.87 bits per heavy atom. The predicted molar refractivity (Wildman–Crippen MR) is 140 cm³/mol. The van der Waals surface area contributed by atoms with Crippen molar-refractivity contribution in [2.45, 2.75) is 45.8 Å². The molecule has 3 aromatic carbocycles. The van der Waals surface area contributed by atoms with Gasteiger partial charge in [-0.3, -0.25) is 0 Å². The molecule has 3 rings (SSSR count). The maximum absolute atomic E-state index is 11.1. The molecular weight excluding hydrogens is 467 g/mol. The minimum atomic E-state index is -3.01. The molecule has 1 atom stereocenters. The Morgan fingerprint density at radius 1 is 0.774 bits per heavy atom. The predicted octanol–water partition coefficient (Wildman–Crippen LogP) is 6.43. The Labute approximate surface area is 195 Å². The van der Waals surface area contributed by atoms with E-state index in [-0.39, 0.29) is 0 Å². The normalized spacial score (nSPS) is 14.0. The molecule has 31 heavy (non-hydrogen) atoms. The monoisotopic (exact) mass is 500 g/mol. The number of hydrogen-bond donors (Lipinski definition) is 1. The van der Waals surface area contributed by atoms with Gasteiger partial charge in [-0.2, -0.15) is 0 Å². The number of halogens is 1. The van der Waals surface area contributed by atoms with Gasteiger partial charge in [0.05, 0.1) is 0 Å². The summed E-state index contributed by atoms with van der Waals surface area (Å²) in [6.07, 6.45) is 4.43. The van der Waals surface area contributed by atoms with Crippen LogP contribution < -0.4 is 15.9 Å². The van der Waals surface area contributed by atoms with Crippen LogP contribution in [0, 0.1) is 0 Å². The molecule has 4 heteroatoms. The van der Waals surface area contributed by atoms with Crippen molar-refractivity contribution in [3.8, 4) is 0 Å². The third-order valence-electron chi connectivity index (χ3n) is 6.16. The molecule has 0 bridgehead atoms. The fraction of sp³-hybridized carbons (Fsp3) is 0.333. The number of benzene rings is 3. The van der Waals surface area contributed by atoms with E-state index in [4.69, 9.17) is 4.74 Å². The second-order valence-corrected chi connectivity index (χ2v) is 17.2. The Balaban J connectivity index is 2.12. The number of aliphatic hydroxyl groups is 1. The zero-order chi connectivity index (χ0) is 22.2. The molecule has 0 saturated heterocycles. The first-order valence-electron chi connectivity index (χ1n) is 11.3. The minimum absolute atomic E-state index is 0.566. The van der Waals surface area contributed by atoms with E-state index in [1.54, 1.807) is 0 Å². The van der Waals surface area contributed by atoms with E-state index < -0.39 is 11.6 Å². The summed E-state index contributed by atoms with van der Waals surface area (Å²) in [5, 5.41) is 11.7. The molecule has 2 nitrogen and oxygen atoms in total. The van der Waals surface area contributed by atoms with Crippen LogP contribution in [0.3, 0.4) is 0 Å². The van der Waals surface area contributed by atoms with Crippen LogP contribution in [0.5, 0.6) is 0 Å². The fourth-order valence-electron chi connectivity index (χ4n) is 4.37. The summed E-state index contributed by atoms with van der Waals surface area (Å²) >= 11 is 4.40. The van der Waals surface area contributed by atoms with Gasteiger partial charge < -0.3 is 0 Å². The van der Waals surface area contributed by atoms with Gasteiger partial charge in [-0.15, -0.1) is 0 Å². The molecular formula is C27H34BrO2P. The molecule has 0 aliphatic rings. The Bertz CT molecular complexity index is 906. The first kappa shape index (κ1) is 24.1. The third-order valence-corrected chi connectivity index (χ3v) is 16.6. The van der Waals surface area contributed by atoms with E-state index in [1.165, 1.54) is 23.5 Å². The van der Waals surface area contributed by atoms with E-state index in [0.717, 1.165) is 29.9 Å². The van der Waals surface area contributed by atoms with Gasteiger partial charge in [-0.1, -0.05) is 0 Å². The second-order valence-electron chi connectivity index (χ2n) is 8.01. The van der Waals surface area contributed by atoms with Crippen molar-refractivity contribution >= 4 is 36.7 Å². The van der Waals surface area contributed by atoms with Crippen LogP contribution in [0.2, 0.25) is 0 Å². The van der Waals surface area contributed by atoms with Gasteiger partial charge in [0.15, 0.2) is 0 Å². The van der Waals surface area contributed by atoms with Crippen molar-refractivity contribution < 1.29 is 9.84 Å². The van der Waals surface area contributed by atoms with Crippen molar-refractivity contribution in [3.63, 3.8) is 0 Å². The van der Waals surface area contributed by atoms with Crippen LogP contribution in [0.1, 0.15) is 51.4 Å². The molecule has 0 fully saturated rings. The van der Waals surface area contributed by atoms with Gasteiger partial charge in [0.2, 0.25) is 0 Å². The summed E-state index contributed by atoms with van der Waals surface area (Å²) in [6.45, 7) is 5.00. The molecule has 0 aliphatic heterocycles. The quantitative estimate of drug-likeness (QED) is 0.186. The van der Waals surface area contributed by atoms with Crippen LogP contribution in [-0.4, -0.2) is 17.9 Å². The van der Waals surface area contributed by atoms with Crippen LogP contribution in [0.15, 0.2) is 84.9 Å². The van der Waals surface area contributed by atoms with Gasteiger partial charge in [0, 0.05) is 0 Å². The molecule has 0 amide bonds. The molecule has 1 N–H and O–H groups in total. The van der Waals surface area contributed by atoms with Crippen molar-refractivity contribution in [1.82, 2.24) is 0 Å². The van der Waals surface area contributed by atoms with Crippen LogP contribution in [-0.2, 0) is 4.74 Å². The molecule has 0 heterocycles. The van der Waals surface area contributed by atoms with E-state index in [2.05, 4.69) is 102 Å². The van der Waals surface area contributed by atoms with Crippen LogP contribution >= 0.6 is 20.8 Å². The third kappa shape index (κ3) is 4.81. The molecule has 0 aliphatic carbocycles. The van der Waals surface area contributed by atoms with E-state index in [0.29, 0.717) is 6.61 Å².